The van der Waals surface area contributed by atoms with E-state index >= 15 is 0 Å². The molecule has 0 aliphatic carbocycles. The highest BCUT2D eigenvalue weighted by molar-refractivity contribution is 9.10. The van der Waals surface area contributed by atoms with Crippen LogP contribution in [-0.4, -0.2) is 12.2 Å². The fourth-order valence-electron chi connectivity index (χ4n) is 2.60. The Balaban J connectivity index is 1.47. The molecule has 1 heterocycles. The zero-order chi connectivity index (χ0) is 19.5. The third-order valence-corrected chi connectivity index (χ3v) is 6.18. The third-order valence-electron chi connectivity index (χ3n) is 4.00. The molecule has 0 aliphatic rings. The Kier molecular flexibility index (Phi) is 5.57. The van der Waals surface area contributed by atoms with Crippen LogP contribution < -0.4 is 4.74 Å². The molecule has 4 rings (SSSR count). The summed E-state index contributed by atoms with van der Waals surface area (Å²) < 4.78 is 7.45. The Bertz CT molecular complexity index is 1170. The Labute approximate surface area is 179 Å². The van der Waals surface area contributed by atoms with Gasteiger partial charge in [0.25, 0.3) is 0 Å². The average molecular weight is 471 g/mol. The van der Waals surface area contributed by atoms with Gasteiger partial charge in [-0.3, -0.25) is 4.99 Å². The standard InChI is InChI=1S/C22H13BrClNO2S/c23-15-7-9-16(10-8-15)25-13-14-5-11-17(12-6-14)27-22(26)21-20(24)18-3-1-2-4-19(18)28-21/h1-13H. The Hall–Kier alpha value is -2.47. The van der Waals surface area contributed by atoms with E-state index in [0.29, 0.717) is 15.6 Å². The molecule has 28 heavy (non-hydrogen) atoms. The van der Waals surface area contributed by atoms with Crippen molar-refractivity contribution in [1.29, 1.82) is 0 Å². The normalized spacial score (nSPS) is 11.2. The maximum absolute atomic E-state index is 12.5. The number of hydrogen-bond donors (Lipinski definition) is 0. The minimum atomic E-state index is -0.456. The number of hydrogen-bond acceptors (Lipinski definition) is 4. The van der Waals surface area contributed by atoms with Crippen LogP contribution in [0.25, 0.3) is 10.1 Å². The molecule has 0 atom stereocenters. The van der Waals surface area contributed by atoms with E-state index in [-0.39, 0.29) is 0 Å². The molecular formula is C22H13BrClNO2S. The van der Waals surface area contributed by atoms with Crippen molar-refractivity contribution < 1.29 is 9.53 Å². The second-order valence-corrected chi connectivity index (χ2v) is 8.28. The molecule has 0 spiro atoms. The zero-order valence-electron chi connectivity index (χ0n) is 14.4. The summed E-state index contributed by atoms with van der Waals surface area (Å²) in [6.07, 6.45) is 1.76. The van der Waals surface area contributed by atoms with E-state index in [9.17, 15) is 4.79 Å². The van der Waals surface area contributed by atoms with Crippen LogP contribution in [0.1, 0.15) is 15.2 Å². The number of fused-ring (bicyclic) bond motifs is 1. The van der Waals surface area contributed by atoms with Gasteiger partial charge in [-0.1, -0.05) is 45.7 Å². The summed E-state index contributed by atoms with van der Waals surface area (Å²) in [6, 6.07) is 22.5. The van der Waals surface area contributed by atoms with E-state index in [4.69, 9.17) is 16.3 Å². The molecule has 0 saturated heterocycles. The van der Waals surface area contributed by atoms with E-state index in [0.717, 1.165) is 25.8 Å². The highest BCUT2D eigenvalue weighted by atomic mass is 79.9. The lowest BCUT2D eigenvalue weighted by Gasteiger charge is -2.03. The molecule has 0 amide bonds. The van der Waals surface area contributed by atoms with Crippen LogP contribution in [-0.2, 0) is 0 Å². The number of rotatable bonds is 4. The van der Waals surface area contributed by atoms with Gasteiger partial charge in [-0.25, -0.2) is 4.79 Å². The van der Waals surface area contributed by atoms with Gasteiger partial charge >= 0.3 is 5.97 Å². The second kappa shape index (κ2) is 8.27. The maximum Gasteiger partial charge on any atom is 0.355 e. The number of ether oxygens (including phenoxy) is 1. The van der Waals surface area contributed by atoms with Crippen LogP contribution in [0, 0.1) is 0 Å². The van der Waals surface area contributed by atoms with Gasteiger partial charge in [-0.15, -0.1) is 11.3 Å². The van der Waals surface area contributed by atoms with E-state index in [1.807, 2.05) is 60.7 Å². The topological polar surface area (TPSA) is 38.7 Å². The highest BCUT2D eigenvalue weighted by Crippen LogP contribution is 2.35. The van der Waals surface area contributed by atoms with Crippen molar-refractivity contribution in [1.82, 2.24) is 0 Å². The van der Waals surface area contributed by atoms with Crippen molar-refractivity contribution in [3.63, 3.8) is 0 Å². The van der Waals surface area contributed by atoms with Gasteiger partial charge in [0.1, 0.15) is 10.6 Å². The molecule has 138 valence electrons. The van der Waals surface area contributed by atoms with Gasteiger partial charge in [0.05, 0.1) is 10.7 Å². The van der Waals surface area contributed by atoms with Crippen molar-refractivity contribution in [2.45, 2.75) is 0 Å². The van der Waals surface area contributed by atoms with Gasteiger partial charge in [0.2, 0.25) is 0 Å². The number of thiophene rings is 1. The molecular weight excluding hydrogens is 458 g/mol. The van der Waals surface area contributed by atoms with E-state index in [1.54, 1.807) is 18.3 Å². The van der Waals surface area contributed by atoms with Crippen LogP contribution in [0.4, 0.5) is 5.69 Å². The van der Waals surface area contributed by atoms with Gasteiger partial charge in [-0.2, -0.15) is 0 Å². The first-order valence-corrected chi connectivity index (χ1v) is 10.4. The minimum absolute atomic E-state index is 0.406. The lowest BCUT2D eigenvalue weighted by molar-refractivity contribution is 0.0740. The Morgan fingerprint density at radius 3 is 2.43 bits per heavy atom. The van der Waals surface area contributed by atoms with Crippen molar-refractivity contribution in [3.8, 4) is 5.75 Å². The van der Waals surface area contributed by atoms with Gasteiger partial charge < -0.3 is 4.74 Å². The van der Waals surface area contributed by atoms with Crippen LogP contribution in [0.2, 0.25) is 5.02 Å². The Morgan fingerprint density at radius 1 is 1.00 bits per heavy atom. The number of carbonyl (C=O) groups is 1. The fourth-order valence-corrected chi connectivity index (χ4v) is 4.25. The van der Waals surface area contributed by atoms with E-state index < -0.39 is 5.97 Å². The molecule has 0 unspecified atom stereocenters. The molecule has 0 bridgehead atoms. The molecule has 1 aromatic heterocycles. The van der Waals surface area contributed by atoms with Crippen molar-refractivity contribution in [2.24, 2.45) is 4.99 Å². The molecule has 4 aromatic rings. The molecule has 0 radical (unpaired) electrons. The lowest BCUT2D eigenvalue weighted by Crippen LogP contribution is -2.06. The van der Waals surface area contributed by atoms with Crippen molar-refractivity contribution in [2.75, 3.05) is 0 Å². The second-order valence-electron chi connectivity index (χ2n) is 5.93. The third kappa shape index (κ3) is 4.17. The van der Waals surface area contributed by atoms with Crippen molar-refractivity contribution >= 4 is 66.8 Å². The van der Waals surface area contributed by atoms with E-state index in [1.165, 1.54) is 11.3 Å². The number of esters is 1. The van der Waals surface area contributed by atoms with Crippen LogP contribution in [0.3, 0.4) is 0 Å². The summed E-state index contributed by atoms with van der Waals surface area (Å²) in [5.74, 6) is 0.00166. The Morgan fingerprint density at radius 2 is 1.71 bits per heavy atom. The summed E-state index contributed by atoms with van der Waals surface area (Å²) >= 11 is 11.1. The highest BCUT2D eigenvalue weighted by Gasteiger charge is 2.18. The minimum Gasteiger partial charge on any atom is -0.422 e. The van der Waals surface area contributed by atoms with Gasteiger partial charge in [0.15, 0.2) is 0 Å². The summed E-state index contributed by atoms with van der Waals surface area (Å²) in [4.78, 5) is 17.3. The predicted octanol–water partition coefficient (Wildman–Crippen LogP) is 7.29. The first-order chi connectivity index (χ1) is 13.6. The predicted molar refractivity (Wildman–Crippen MR) is 120 cm³/mol. The first-order valence-electron chi connectivity index (χ1n) is 8.39. The fraction of sp³-hybridized carbons (Fsp3) is 0. The van der Waals surface area contributed by atoms with Crippen LogP contribution in [0.5, 0.6) is 5.75 Å². The van der Waals surface area contributed by atoms with E-state index in [2.05, 4.69) is 20.9 Å². The number of carbonyl (C=O) groups excluding carboxylic acids is 1. The lowest BCUT2D eigenvalue weighted by atomic mass is 10.2. The number of halogens is 2. The monoisotopic (exact) mass is 469 g/mol. The molecule has 3 nitrogen and oxygen atoms in total. The maximum atomic E-state index is 12.5. The molecule has 3 aromatic carbocycles. The smallest absolute Gasteiger partial charge is 0.355 e. The molecule has 0 saturated carbocycles. The summed E-state index contributed by atoms with van der Waals surface area (Å²) in [6.45, 7) is 0. The largest absolute Gasteiger partial charge is 0.422 e. The number of nitrogens with zero attached hydrogens (tertiary/aromatic N) is 1. The summed E-state index contributed by atoms with van der Waals surface area (Å²) in [5.41, 5.74) is 1.76. The quantitative estimate of drug-likeness (QED) is 0.178. The van der Waals surface area contributed by atoms with Crippen molar-refractivity contribution in [3.05, 3.63) is 92.7 Å². The first kappa shape index (κ1) is 18.9. The average Bonchev–Trinajstić information content (AvgIpc) is 3.06. The molecule has 6 heteroatoms. The summed E-state index contributed by atoms with van der Waals surface area (Å²) in [7, 11) is 0. The van der Waals surface area contributed by atoms with Crippen LogP contribution >= 0.6 is 38.9 Å². The SMILES string of the molecule is O=C(Oc1ccc(C=Nc2ccc(Br)cc2)cc1)c1sc2ccccc2c1Cl. The van der Waals surface area contributed by atoms with Gasteiger partial charge in [-0.05, 0) is 60.2 Å². The van der Waals surface area contributed by atoms with Crippen LogP contribution in [0.15, 0.2) is 82.3 Å². The number of aliphatic imine (C=N–C) groups is 1. The molecule has 0 fully saturated rings. The zero-order valence-corrected chi connectivity index (χ0v) is 17.6. The summed E-state index contributed by atoms with van der Waals surface area (Å²) in [5, 5.41) is 1.30. The number of benzene rings is 3. The molecule has 0 aliphatic heterocycles. The van der Waals surface area contributed by atoms with Gasteiger partial charge in [0, 0.05) is 20.8 Å². The molecule has 0 N–H and O–H groups in total.